The van der Waals surface area contributed by atoms with Gasteiger partial charge in [0.15, 0.2) is 17.1 Å². The molecule has 0 unspecified atom stereocenters. The first kappa shape index (κ1) is 34.5. The fourth-order valence-corrected chi connectivity index (χ4v) is 8.01. The number of benzene rings is 1. The normalized spacial score (nSPS) is 25.4. The Morgan fingerprint density at radius 2 is 1.76 bits per heavy atom. The molecule has 256 valence electrons. The van der Waals surface area contributed by atoms with Crippen LogP contribution >= 0.6 is 0 Å². The fourth-order valence-electron chi connectivity index (χ4n) is 8.01. The number of amides is 1. The van der Waals surface area contributed by atoms with Gasteiger partial charge in [0, 0.05) is 43.6 Å². The van der Waals surface area contributed by atoms with Crippen molar-refractivity contribution < 1.29 is 39.1 Å². The zero-order valence-electron chi connectivity index (χ0n) is 28.2. The molecule has 1 aromatic carbocycles. The molecular formula is C35H53N3O8. The van der Waals surface area contributed by atoms with Crippen molar-refractivity contribution in [2.75, 3.05) is 54.2 Å². The Balaban J connectivity index is 0.000000181. The zero-order chi connectivity index (χ0) is 33.3. The maximum absolute atomic E-state index is 12.4. The average Bonchev–Trinajstić information content (AvgIpc) is 3.72. The van der Waals surface area contributed by atoms with Gasteiger partial charge in [-0.05, 0) is 115 Å². The Morgan fingerprint density at radius 1 is 1.07 bits per heavy atom. The van der Waals surface area contributed by atoms with Crippen molar-refractivity contribution >= 4 is 11.9 Å². The number of methoxy groups -OCH3 is 1. The third-order valence-corrected chi connectivity index (χ3v) is 10.7. The molecule has 3 atom stereocenters. The fraction of sp³-hybridized carbons (Fsp3) is 0.714. The molecule has 0 radical (unpaired) electrons. The minimum Gasteiger partial charge on any atom is -0.501 e. The van der Waals surface area contributed by atoms with Gasteiger partial charge >= 0.3 is 5.97 Å². The van der Waals surface area contributed by atoms with Crippen LogP contribution in [0.3, 0.4) is 0 Å². The molecule has 2 fully saturated rings. The van der Waals surface area contributed by atoms with Gasteiger partial charge in [0.1, 0.15) is 0 Å². The predicted molar refractivity (Wildman–Crippen MR) is 173 cm³/mol. The van der Waals surface area contributed by atoms with E-state index < -0.39 is 23.6 Å². The van der Waals surface area contributed by atoms with Gasteiger partial charge in [-0.1, -0.05) is 0 Å². The number of fused-ring (bicyclic) bond motifs is 3. The van der Waals surface area contributed by atoms with Gasteiger partial charge in [-0.2, -0.15) is 0 Å². The van der Waals surface area contributed by atoms with E-state index in [1.54, 1.807) is 25.9 Å². The number of hydrogen-bond donors (Lipinski definition) is 3. The maximum Gasteiger partial charge on any atom is 0.336 e. The molecule has 4 heterocycles. The van der Waals surface area contributed by atoms with Crippen LogP contribution in [0.1, 0.15) is 88.7 Å². The molecule has 1 aliphatic carbocycles. The van der Waals surface area contributed by atoms with Crippen molar-refractivity contribution in [3.05, 3.63) is 35.1 Å². The van der Waals surface area contributed by atoms with E-state index in [0.717, 1.165) is 49.5 Å². The van der Waals surface area contributed by atoms with Crippen LogP contribution in [0.25, 0.3) is 0 Å². The van der Waals surface area contributed by atoms with Crippen molar-refractivity contribution in [1.82, 2.24) is 14.7 Å². The lowest BCUT2D eigenvalue weighted by Gasteiger charge is -2.37. The average molecular weight is 644 g/mol. The van der Waals surface area contributed by atoms with Crippen molar-refractivity contribution in [3.8, 4) is 11.5 Å². The number of carbonyl (C=O) groups excluding carboxylic acids is 1. The largest absolute Gasteiger partial charge is 0.501 e. The lowest BCUT2D eigenvalue weighted by atomic mass is 9.79. The first-order valence-corrected chi connectivity index (χ1v) is 16.8. The third kappa shape index (κ3) is 7.32. The summed E-state index contributed by atoms with van der Waals surface area (Å²) in [6.07, 6.45) is 8.96. The smallest absolute Gasteiger partial charge is 0.336 e. The highest BCUT2D eigenvalue weighted by molar-refractivity contribution is 5.86. The van der Waals surface area contributed by atoms with Gasteiger partial charge in [-0.25, -0.2) is 4.79 Å². The van der Waals surface area contributed by atoms with E-state index >= 15 is 0 Å². The van der Waals surface area contributed by atoms with E-state index in [1.807, 2.05) is 14.1 Å². The SMILES string of the molecule is CN(C)C1CCN(C(=O)C[C@](O)(CCCC(C)(C)O)C(=O)O)CC1.COC1=C[C@]23CCCN2CCc2cc4c(cc2[C@@H]3C1)OCO4. The summed E-state index contributed by atoms with van der Waals surface area (Å²) in [5, 5.41) is 29.4. The molecule has 1 amide bonds. The standard InChI is InChI=1S/C18H21NO3.C17H32N2O5/c1-20-13-8-15-14-9-17-16(21-11-22-17)7-12(14)3-6-19-5-2-4-18(15,19)10-13;1-16(2,23)8-5-9-17(24,15(21)22)12-14(20)19-10-6-13(7-11-19)18(3)4/h7,9-10,15H,2-6,8,11H2,1H3;13,23-24H,5-12H2,1-4H3,(H,21,22)/t15-,18-;17-/m01/s1. The van der Waals surface area contributed by atoms with E-state index in [9.17, 15) is 24.9 Å². The van der Waals surface area contributed by atoms with Crippen molar-refractivity contribution in [2.24, 2.45) is 0 Å². The first-order chi connectivity index (χ1) is 21.7. The van der Waals surface area contributed by atoms with Gasteiger partial charge < -0.3 is 39.3 Å². The van der Waals surface area contributed by atoms with Crippen LogP contribution in [-0.2, 0) is 20.7 Å². The summed E-state index contributed by atoms with van der Waals surface area (Å²) in [7, 11) is 5.81. The Bertz CT molecular complexity index is 1300. The maximum atomic E-state index is 12.4. The minimum absolute atomic E-state index is 0.0494. The second-order valence-electron chi connectivity index (χ2n) is 14.6. The third-order valence-electron chi connectivity index (χ3n) is 10.7. The number of rotatable bonds is 9. The molecule has 0 bridgehead atoms. The summed E-state index contributed by atoms with van der Waals surface area (Å²) in [4.78, 5) is 30.3. The number of hydrogen-bond acceptors (Lipinski definition) is 9. The van der Waals surface area contributed by atoms with E-state index in [0.29, 0.717) is 44.7 Å². The molecule has 46 heavy (non-hydrogen) atoms. The summed E-state index contributed by atoms with van der Waals surface area (Å²) >= 11 is 0. The highest BCUT2D eigenvalue weighted by atomic mass is 16.7. The van der Waals surface area contributed by atoms with Crippen LogP contribution in [0.5, 0.6) is 11.5 Å². The molecule has 0 aromatic heterocycles. The molecule has 0 saturated carbocycles. The number of ether oxygens (including phenoxy) is 3. The number of carbonyl (C=O) groups is 2. The highest BCUT2D eigenvalue weighted by Gasteiger charge is 2.52. The van der Waals surface area contributed by atoms with Crippen molar-refractivity contribution in [1.29, 1.82) is 0 Å². The Morgan fingerprint density at radius 3 is 2.39 bits per heavy atom. The number of likely N-dealkylation sites (tertiary alicyclic amines) is 1. The molecule has 11 heteroatoms. The molecule has 11 nitrogen and oxygen atoms in total. The molecule has 2 saturated heterocycles. The van der Waals surface area contributed by atoms with Gasteiger partial charge in [-0.3, -0.25) is 9.69 Å². The van der Waals surface area contributed by atoms with Crippen molar-refractivity contribution in [3.63, 3.8) is 0 Å². The Labute approximate surface area is 273 Å². The molecule has 4 aliphatic heterocycles. The van der Waals surface area contributed by atoms with Gasteiger partial charge in [0.05, 0.1) is 24.9 Å². The molecule has 1 spiro atoms. The number of piperidine rings is 1. The van der Waals surface area contributed by atoms with Crippen LogP contribution < -0.4 is 9.47 Å². The second kappa shape index (κ2) is 13.7. The molecule has 5 aliphatic rings. The molecule has 6 rings (SSSR count). The molecular weight excluding hydrogens is 590 g/mol. The summed E-state index contributed by atoms with van der Waals surface area (Å²) in [5.74, 6) is 1.74. The first-order valence-electron chi connectivity index (χ1n) is 16.8. The van der Waals surface area contributed by atoms with Crippen molar-refractivity contribution in [2.45, 2.75) is 107 Å². The van der Waals surface area contributed by atoms with Gasteiger partial charge in [0.2, 0.25) is 12.7 Å². The number of nitrogens with zero attached hydrogens (tertiary/aromatic N) is 3. The number of allylic oxidation sites excluding steroid dienone is 1. The predicted octanol–water partition coefficient (Wildman–Crippen LogP) is 3.51. The Hall–Kier alpha value is -2.86. The lowest BCUT2D eigenvalue weighted by molar-refractivity contribution is -0.165. The second-order valence-corrected chi connectivity index (χ2v) is 14.6. The zero-order valence-corrected chi connectivity index (χ0v) is 28.2. The lowest BCUT2D eigenvalue weighted by Crippen LogP contribution is -2.49. The van der Waals surface area contributed by atoms with E-state index in [2.05, 4.69) is 28.0 Å². The highest BCUT2D eigenvalue weighted by Crippen LogP contribution is 2.54. The number of carboxylic acids is 1. The van der Waals surface area contributed by atoms with E-state index in [-0.39, 0.29) is 17.9 Å². The van der Waals surface area contributed by atoms with Crippen LogP contribution in [0.4, 0.5) is 0 Å². The summed E-state index contributed by atoms with van der Waals surface area (Å²) in [5.41, 5.74) is 0.0356. The monoisotopic (exact) mass is 643 g/mol. The van der Waals surface area contributed by atoms with E-state index in [1.165, 1.54) is 30.5 Å². The van der Waals surface area contributed by atoms with Crippen LogP contribution in [-0.4, -0.2) is 119 Å². The minimum atomic E-state index is -2.07. The summed E-state index contributed by atoms with van der Waals surface area (Å²) < 4.78 is 16.8. The van der Waals surface area contributed by atoms with Gasteiger partial charge in [-0.15, -0.1) is 0 Å². The van der Waals surface area contributed by atoms with E-state index in [4.69, 9.17) is 14.2 Å². The molecule has 1 aromatic rings. The number of aliphatic carboxylic acids is 1. The quantitative estimate of drug-likeness (QED) is 0.367. The molecule has 3 N–H and O–H groups in total. The number of aliphatic hydroxyl groups is 2. The summed E-state index contributed by atoms with van der Waals surface area (Å²) in [6, 6.07) is 4.87. The topological polar surface area (TPSA) is 132 Å². The Kier molecular flexibility index (Phi) is 10.3. The van der Waals surface area contributed by atoms with Crippen LogP contribution in [0, 0.1) is 0 Å². The summed E-state index contributed by atoms with van der Waals surface area (Å²) in [6.45, 7) is 7.10. The number of carboxylic acid groups (broad SMARTS) is 1. The van der Waals surface area contributed by atoms with Crippen LogP contribution in [0.2, 0.25) is 0 Å². The van der Waals surface area contributed by atoms with Gasteiger partial charge in [0.25, 0.3) is 0 Å². The van der Waals surface area contributed by atoms with Crippen LogP contribution in [0.15, 0.2) is 24.0 Å².